The number of likely N-dealkylation sites (N-methyl/N-ethyl adjacent to an activating group) is 1. The quantitative estimate of drug-likeness (QED) is 0.855. The monoisotopic (exact) mass is 302 g/mol. The molecule has 0 spiro atoms. The highest BCUT2D eigenvalue weighted by Crippen LogP contribution is 2.28. The minimum atomic E-state index is 0.0429. The number of carbonyl (C=O) groups is 1. The van der Waals surface area contributed by atoms with E-state index in [9.17, 15) is 4.79 Å². The summed E-state index contributed by atoms with van der Waals surface area (Å²) in [5, 5.41) is 1.03. The van der Waals surface area contributed by atoms with Gasteiger partial charge in [0.15, 0.2) is 0 Å². The molecule has 3 rings (SSSR count). The van der Waals surface area contributed by atoms with Crippen molar-refractivity contribution in [2.45, 2.75) is 18.9 Å². The predicted molar refractivity (Wildman–Crippen MR) is 86.1 cm³/mol. The molecule has 1 aliphatic heterocycles. The smallest absolute Gasteiger partial charge is 0.319 e. The molecule has 1 fully saturated rings. The first-order valence-corrected chi connectivity index (χ1v) is 7.59. The fraction of sp³-hybridized carbons (Fsp3) is 0.500. The van der Waals surface area contributed by atoms with E-state index in [4.69, 9.17) is 4.42 Å². The molecule has 1 aliphatic rings. The SMILES string of the molecule is CN(C)C(=O)N(C)C1CCCN(c2nccc3occc23)C1. The predicted octanol–water partition coefficient (Wildman–Crippen LogP) is 2.41. The average Bonchev–Trinajstić information content (AvgIpc) is 3.02. The van der Waals surface area contributed by atoms with Crippen molar-refractivity contribution in [1.82, 2.24) is 14.8 Å². The van der Waals surface area contributed by atoms with Gasteiger partial charge in [-0.15, -0.1) is 0 Å². The van der Waals surface area contributed by atoms with Gasteiger partial charge in [-0.05, 0) is 25.0 Å². The number of hydrogen-bond acceptors (Lipinski definition) is 4. The Morgan fingerprint density at radius 2 is 2.18 bits per heavy atom. The van der Waals surface area contributed by atoms with Crippen LogP contribution in [0.1, 0.15) is 12.8 Å². The third kappa shape index (κ3) is 2.61. The van der Waals surface area contributed by atoms with Crippen LogP contribution >= 0.6 is 0 Å². The topological polar surface area (TPSA) is 52.8 Å². The van der Waals surface area contributed by atoms with Gasteiger partial charge in [0.2, 0.25) is 0 Å². The molecule has 0 bridgehead atoms. The summed E-state index contributed by atoms with van der Waals surface area (Å²) >= 11 is 0. The van der Waals surface area contributed by atoms with E-state index in [-0.39, 0.29) is 12.1 Å². The number of pyridine rings is 1. The summed E-state index contributed by atoms with van der Waals surface area (Å²) in [5.41, 5.74) is 0.852. The lowest BCUT2D eigenvalue weighted by Crippen LogP contribution is -2.51. The Balaban J connectivity index is 1.81. The maximum absolute atomic E-state index is 12.2. The standard InChI is InChI=1S/C16H22N4O2/c1-18(2)16(21)19(3)12-5-4-9-20(11-12)15-13-7-10-22-14(13)6-8-17-15/h6-8,10,12H,4-5,9,11H2,1-3H3. The van der Waals surface area contributed by atoms with Crippen molar-refractivity contribution in [3.05, 3.63) is 24.6 Å². The molecule has 1 saturated heterocycles. The molecule has 3 heterocycles. The van der Waals surface area contributed by atoms with Crippen LogP contribution in [-0.2, 0) is 0 Å². The summed E-state index contributed by atoms with van der Waals surface area (Å²) in [6.07, 6.45) is 5.54. The molecule has 0 radical (unpaired) electrons. The second-order valence-electron chi connectivity index (χ2n) is 6.00. The van der Waals surface area contributed by atoms with E-state index in [0.29, 0.717) is 0 Å². The molecule has 118 valence electrons. The number of rotatable bonds is 2. The molecule has 22 heavy (non-hydrogen) atoms. The Morgan fingerprint density at radius 3 is 2.95 bits per heavy atom. The van der Waals surface area contributed by atoms with Crippen molar-refractivity contribution in [3.8, 4) is 0 Å². The fourth-order valence-electron chi connectivity index (χ4n) is 3.07. The lowest BCUT2D eigenvalue weighted by atomic mass is 10.0. The number of nitrogens with zero attached hydrogens (tertiary/aromatic N) is 4. The Morgan fingerprint density at radius 1 is 1.36 bits per heavy atom. The number of urea groups is 1. The van der Waals surface area contributed by atoms with Crippen LogP contribution in [0.25, 0.3) is 11.0 Å². The lowest BCUT2D eigenvalue weighted by molar-refractivity contribution is 0.157. The first kappa shape index (κ1) is 14.7. The van der Waals surface area contributed by atoms with Crippen molar-refractivity contribution in [1.29, 1.82) is 0 Å². The number of carbonyl (C=O) groups excluding carboxylic acids is 1. The third-order valence-corrected chi connectivity index (χ3v) is 4.29. The zero-order valence-corrected chi connectivity index (χ0v) is 13.3. The first-order chi connectivity index (χ1) is 10.6. The maximum Gasteiger partial charge on any atom is 0.319 e. The minimum Gasteiger partial charge on any atom is -0.464 e. The number of fused-ring (bicyclic) bond motifs is 1. The molecular formula is C16H22N4O2. The Kier molecular flexibility index (Phi) is 3.92. The summed E-state index contributed by atoms with van der Waals surface area (Å²) in [6, 6.07) is 4.08. The summed E-state index contributed by atoms with van der Waals surface area (Å²) in [5.74, 6) is 0.946. The van der Waals surface area contributed by atoms with E-state index in [1.807, 2.05) is 24.1 Å². The molecule has 1 unspecified atom stereocenters. The van der Waals surface area contributed by atoms with E-state index in [1.165, 1.54) is 0 Å². The van der Waals surface area contributed by atoms with Gasteiger partial charge in [0.05, 0.1) is 17.7 Å². The zero-order chi connectivity index (χ0) is 15.7. The van der Waals surface area contributed by atoms with Crippen LogP contribution in [0.2, 0.25) is 0 Å². The number of hydrogen-bond donors (Lipinski definition) is 0. The Labute approximate surface area is 130 Å². The number of aromatic nitrogens is 1. The van der Waals surface area contributed by atoms with Crippen molar-refractivity contribution in [3.63, 3.8) is 0 Å². The van der Waals surface area contributed by atoms with Gasteiger partial charge in [-0.25, -0.2) is 9.78 Å². The van der Waals surface area contributed by atoms with E-state index in [1.54, 1.807) is 31.5 Å². The average molecular weight is 302 g/mol. The molecule has 0 aliphatic carbocycles. The molecule has 1 atom stereocenters. The number of amides is 2. The van der Waals surface area contributed by atoms with Crippen LogP contribution < -0.4 is 4.90 Å². The van der Waals surface area contributed by atoms with Crippen molar-refractivity contribution in [2.75, 3.05) is 39.1 Å². The van der Waals surface area contributed by atoms with Crippen LogP contribution in [0.4, 0.5) is 10.6 Å². The molecule has 6 heteroatoms. The Hall–Kier alpha value is -2.24. The summed E-state index contributed by atoms with van der Waals surface area (Å²) in [7, 11) is 5.45. The van der Waals surface area contributed by atoms with Gasteiger partial charge in [-0.1, -0.05) is 0 Å². The van der Waals surface area contributed by atoms with Gasteiger partial charge in [0, 0.05) is 40.4 Å². The summed E-state index contributed by atoms with van der Waals surface area (Å²) in [4.78, 5) is 22.4. The van der Waals surface area contributed by atoms with Gasteiger partial charge >= 0.3 is 6.03 Å². The minimum absolute atomic E-state index is 0.0429. The molecule has 2 aromatic rings. The van der Waals surface area contributed by atoms with E-state index < -0.39 is 0 Å². The van der Waals surface area contributed by atoms with Crippen LogP contribution in [0.3, 0.4) is 0 Å². The molecule has 0 N–H and O–H groups in total. The molecule has 2 amide bonds. The first-order valence-electron chi connectivity index (χ1n) is 7.59. The third-order valence-electron chi connectivity index (χ3n) is 4.29. The van der Waals surface area contributed by atoms with E-state index >= 15 is 0 Å². The lowest BCUT2D eigenvalue weighted by Gasteiger charge is -2.39. The molecule has 6 nitrogen and oxygen atoms in total. The highest BCUT2D eigenvalue weighted by Gasteiger charge is 2.28. The second-order valence-corrected chi connectivity index (χ2v) is 6.00. The number of anilines is 1. The van der Waals surface area contributed by atoms with Crippen molar-refractivity contribution >= 4 is 22.8 Å². The van der Waals surface area contributed by atoms with Crippen molar-refractivity contribution in [2.24, 2.45) is 0 Å². The van der Waals surface area contributed by atoms with Gasteiger partial charge in [0.1, 0.15) is 11.4 Å². The molecule has 2 aromatic heterocycles. The largest absolute Gasteiger partial charge is 0.464 e. The summed E-state index contributed by atoms with van der Waals surface area (Å²) in [6.45, 7) is 1.76. The molecule has 0 saturated carbocycles. The molecular weight excluding hydrogens is 280 g/mol. The van der Waals surface area contributed by atoms with Crippen LogP contribution in [0.15, 0.2) is 29.0 Å². The number of furan rings is 1. The van der Waals surface area contributed by atoms with E-state index in [0.717, 1.165) is 42.7 Å². The highest BCUT2D eigenvalue weighted by molar-refractivity contribution is 5.88. The van der Waals surface area contributed by atoms with Crippen LogP contribution in [-0.4, -0.2) is 61.1 Å². The second kappa shape index (κ2) is 5.87. The van der Waals surface area contributed by atoms with Gasteiger partial charge in [0.25, 0.3) is 0 Å². The van der Waals surface area contributed by atoms with Crippen LogP contribution in [0.5, 0.6) is 0 Å². The van der Waals surface area contributed by atoms with Crippen LogP contribution in [0, 0.1) is 0 Å². The maximum atomic E-state index is 12.2. The van der Waals surface area contributed by atoms with Gasteiger partial charge in [-0.3, -0.25) is 0 Å². The highest BCUT2D eigenvalue weighted by atomic mass is 16.3. The fourth-order valence-corrected chi connectivity index (χ4v) is 3.07. The Bertz CT molecular complexity index is 667. The van der Waals surface area contributed by atoms with E-state index in [2.05, 4.69) is 9.88 Å². The van der Waals surface area contributed by atoms with Gasteiger partial charge < -0.3 is 19.1 Å². The summed E-state index contributed by atoms with van der Waals surface area (Å²) < 4.78 is 5.46. The van der Waals surface area contributed by atoms with Gasteiger partial charge in [-0.2, -0.15) is 0 Å². The zero-order valence-electron chi connectivity index (χ0n) is 13.3. The normalized spacial score (nSPS) is 18.5. The number of piperidine rings is 1. The molecule has 0 aromatic carbocycles. The van der Waals surface area contributed by atoms with Crippen molar-refractivity contribution < 1.29 is 9.21 Å².